The van der Waals surface area contributed by atoms with Crippen LogP contribution < -0.4 is 0 Å². The molecule has 1 fully saturated rings. The summed E-state index contributed by atoms with van der Waals surface area (Å²) in [6.07, 6.45) is 4.28. The third-order valence-electron chi connectivity index (χ3n) is 1.68. The van der Waals surface area contributed by atoms with Gasteiger partial charge in [0.2, 0.25) is 0 Å². The van der Waals surface area contributed by atoms with Gasteiger partial charge in [-0.1, -0.05) is 60.8 Å². The van der Waals surface area contributed by atoms with Gasteiger partial charge < -0.3 is 0 Å². The van der Waals surface area contributed by atoms with E-state index in [0.717, 1.165) is 11.8 Å². The Morgan fingerprint density at radius 3 is 1.36 bits per heavy atom. The molecule has 1 aliphatic rings. The molecule has 0 aromatic carbocycles. The molecule has 0 aromatic rings. The summed E-state index contributed by atoms with van der Waals surface area (Å²) in [6.45, 7) is 12.9. The third kappa shape index (κ3) is 25.6. The molecule has 0 radical (unpaired) electrons. The molecule has 0 heteroatoms. The highest BCUT2D eigenvalue weighted by atomic mass is 14.2. The predicted molar refractivity (Wildman–Crippen MR) is 54.9 cm³/mol. The molecule has 0 amide bonds. The molecule has 0 unspecified atom stereocenters. The molecule has 0 spiro atoms. The Morgan fingerprint density at radius 2 is 1.36 bits per heavy atom. The summed E-state index contributed by atoms with van der Waals surface area (Å²) in [5.74, 6) is 1.97. The normalized spacial score (nSPS) is 14.5. The lowest BCUT2D eigenvalue weighted by atomic mass is 10.2. The number of rotatable bonds is 1. The Bertz CT molecular complexity index is 51.1. The van der Waals surface area contributed by atoms with E-state index in [1.54, 1.807) is 0 Å². The van der Waals surface area contributed by atoms with E-state index in [1.165, 1.54) is 19.3 Å². The molecule has 11 heavy (non-hydrogen) atoms. The minimum absolute atomic E-state index is 0.884. The van der Waals surface area contributed by atoms with Crippen molar-refractivity contribution < 1.29 is 0 Å². The van der Waals surface area contributed by atoms with Crippen LogP contribution in [0.5, 0.6) is 0 Å². The zero-order chi connectivity index (χ0) is 9.28. The van der Waals surface area contributed by atoms with Crippen molar-refractivity contribution in [1.29, 1.82) is 0 Å². The second kappa shape index (κ2) is 10.0. The van der Waals surface area contributed by atoms with Crippen LogP contribution in [0, 0.1) is 11.8 Å². The molecule has 70 valence electrons. The van der Waals surface area contributed by atoms with Crippen LogP contribution in [-0.4, -0.2) is 0 Å². The van der Waals surface area contributed by atoms with Crippen molar-refractivity contribution in [1.82, 2.24) is 0 Å². The van der Waals surface area contributed by atoms with Gasteiger partial charge in [-0.15, -0.1) is 0 Å². The maximum absolute atomic E-state index is 2.28. The van der Waals surface area contributed by atoms with Gasteiger partial charge in [-0.2, -0.15) is 0 Å². The first-order valence-electron chi connectivity index (χ1n) is 5.16. The Labute approximate surface area is 73.4 Å². The van der Waals surface area contributed by atoms with Gasteiger partial charge in [-0.05, 0) is 11.8 Å². The second-order valence-corrected chi connectivity index (χ2v) is 3.48. The van der Waals surface area contributed by atoms with Crippen LogP contribution in [0.15, 0.2) is 0 Å². The van der Waals surface area contributed by atoms with Crippen LogP contribution in [0.3, 0.4) is 0 Å². The topological polar surface area (TPSA) is 0 Å². The Hall–Kier alpha value is 0. The number of hydrogen-bond acceptors (Lipinski definition) is 0. The second-order valence-electron chi connectivity index (χ2n) is 3.48. The Kier molecular flexibility index (Phi) is 12.3. The average molecular weight is 158 g/mol. The van der Waals surface area contributed by atoms with E-state index >= 15 is 0 Å². The highest BCUT2D eigenvalue weighted by Gasteiger charge is 2.12. The standard InChI is InChI=1S/C5H12.C4H8.C2H6/c1-4-5(2)3;1-4-2-3-4;1-2/h5H,4H2,1-3H3;4H,2-3H2,1H3;1-2H3. The first-order valence-corrected chi connectivity index (χ1v) is 5.16. The molecule has 0 saturated heterocycles. The van der Waals surface area contributed by atoms with Crippen molar-refractivity contribution in [2.75, 3.05) is 0 Å². The monoisotopic (exact) mass is 158 g/mol. The van der Waals surface area contributed by atoms with Crippen molar-refractivity contribution in [3.63, 3.8) is 0 Å². The lowest BCUT2D eigenvalue weighted by molar-refractivity contribution is 0.626. The van der Waals surface area contributed by atoms with E-state index in [9.17, 15) is 0 Å². The molecular weight excluding hydrogens is 132 g/mol. The lowest BCUT2D eigenvalue weighted by Crippen LogP contribution is -1.77. The van der Waals surface area contributed by atoms with Crippen molar-refractivity contribution in [2.24, 2.45) is 11.8 Å². The molecule has 0 nitrogen and oxygen atoms in total. The predicted octanol–water partition coefficient (Wildman–Crippen LogP) is 4.49. The van der Waals surface area contributed by atoms with Crippen molar-refractivity contribution in [3.05, 3.63) is 0 Å². The highest BCUT2D eigenvalue weighted by Crippen LogP contribution is 2.26. The fraction of sp³-hybridized carbons (Fsp3) is 1.00. The maximum Gasteiger partial charge on any atom is -0.0443 e. The highest BCUT2D eigenvalue weighted by molar-refractivity contribution is 4.65. The zero-order valence-electron chi connectivity index (χ0n) is 9.28. The third-order valence-corrected chi connectivity index (χ3v) is 1.68. The smallest absolute Gasteiger partial charge is 0.0443 e. The van der Waals surface area contributed by atoms with Crippen LogP contribution in [0.25, 0.3) is 0 Å². The quantitative estimate of drug-likeness (QED) is 0.527. The van der Waals surface area contributed by atoms with Crippen LogP contribution in [0.1, 0.15) is 60.8 Å². The van der Waals surface area contributed by atoms with Crippen molar-refractivity contribution in [2.45, 2.75) is 60.8 Å². The number of hydrogen-bond donors (Lipinski definition) is 0. The fourth-order valence-corrected chi connectivity index (χ4v) is 0.167. The first-order chi connectivity index (χ1) is 5.16. The molecule has 0 aliphatic heterocycles. The maximum atomic E-state index is 2.28. The summed E-state index contributed by atoms with van der Waals surface area (Å²) in [4.78, 5) is 0. The SMILES string of the molecule is CC.CC1CC1.CCC(C)C. The molecule has 1 rings (SSSR count). The molecule has 1 saturated carbocycles. The van der Waals surface area contributed by atoms with E-state index in [0.29, 0.717) is 0 Å². The van der Waals surface area contributed by atoms with Crippen molar-refractivity contribution >= 4 is 0 Å². The zero-order valence-corrected chi connectivity index (χ0v) is 9.28. The molecule has 0 N–H and O–H groups in total. The van der Waals surface area contributed by atoms with E-state index in [1.807, 2.05) is 13.8 Å². The summed E-state index contributed by atoms with van der Waals surface area (Å²) in [5, 5.41) is 0. The van der Waals surface area contributed by atoms with E-state index < -0.39 is 0 Å². The molecule has 1 aliphatic carbocycles. The molecular formula is C11H26. The molecule has 0 bridgehead atoms. The molecule has 0 aromatic heterocycles. The van der Waals surface area contributed by atoms with E-state index in [-0.39, 0.29) is 0 Å². The van der Waals surface area contributed by atoms with Gasteiger partial charge in [-0.3, -0.25) is 0 Å². The van der Waals surface area contributed by atoms with Crippen LogP contribution in [0.2, 0.25) is 0 Å². The van der Waals surface area contributed by atoms with Gasteiger partial charge in [-0.25, -0.2) is 0 Å². The van der Waals surface area contributed by atoms with Gasteiger partial charge in [0.1, 0.15) is 0 Å². The fourth-order valence-electron chi connectivity index (χ4n) is 0.167. The summed E-state index contributed by atoms with van der Waals surface area (Å²) in [7, 11) is 0. The Morgan fingerprint density at radius 1 is 1.18 bits per heavy atom. The molecule has 0 atom stereocenters. The summed E-state index contributed by atoms with van der Waals surface area (Å²) < 4.78 is 0. The van der Waals surface area contributed by atoms with Gasteiger partial charge in [0.25, 0.3) is 0 Å². The van der Waals surface area contributed by atoms with Crippen molar-refractivity contribution in [3.8, 4) is 0 Å². The molecule has 0 heterocycles. The first kappa shape index (κ1) is 13.6. The van der Waals surface area contributed by atoms with Crippen LogP contribution in [0.4, 0.5) is 0 Å². The van der Waals surface area contributed by atoms with E-state index in [4.69, 9.17) is 0 Å². The van der Waals surface area contributed by atoms with Gasteiger partial charge in [0.05, 0.1) is 0 Å². The minimum atomic E-state index is 0.884. The summed E-state index contributed by atoms with van der Waals surface area (Å²) in [6, 6.07) is 0. The van der Waals surface area contributed by atoms with Crippen LogP contribution in [-0.2, 0) is 0 Å². The lowest BCUT2D eigenvalue weighted by Gasteiger charge is -1.90. The average Bonchev–Trinajstić information content (AvgIpc) is 2.77. The van der Waals surface area contributed by atoms with Gasteiger partial charge >= 0.3 is 0 Å². The van der Waals surface area contributed by atoms with E-state index in [2.05, 4.69) is 27.7 Å². The van der Waals surface area contributed by atoms with Crippen LogP contribution >= 0.6 is 0 Å². The summed E-state index contributed by atoms with van der Waals surface area (Å²) in [5.41, 5.74) is 0. The summed E-state index contributed by atoms with van der Waals surface area (Å²) >= 11 is 0. The van der Waals surface area contributed by atoms with Gasteiger partial charge in [0, 0.05) is 0 Å². The largest absolute Gasteiger partial charge is 0.0683 e. The minimum Gasteiger partial charge on any atom is -0.0683 e. The Balaban J connectivity index is 0. The van der Waals surface area contributed by atoms with Gasteiger partial charge in [0.15, 0.2) is 0 Å².